The van der Waals surface area contributed by atoms with Crippen LogP contribution >= 0.6 is 15.2 Å². The van der Waals surface area contributed by atoms with Crippen molar-refractivity contribution in [1.29, 1.82) is 0 Å². The number of carbonyl (C=O) groups excluding carboxylic acids is 2. The minimum Gasteiger partial charge on any atom is -0.457 e. The number of pyridine rings is 2. The molecule has 3 aromatic rings. The molecule has 1 aromatic carbocycles. The van der Waals surface area contributed by atoms with Gasteiger partial charge >= 0.3 is 27.1 Å². The van der Waals surface area contributed by atoms with Gasteiger partial charge < -0.3 is 32.1 Å². The van der Waals surface area contributed by atoms with Gasteiger partial charge in [-0.2, -0.15) is 0 Å². The summed E-state index contributed by atoms with van der Waals surface area (Å²) >= 11 is 0. The van der Waals surface area contributed by atoms with Gasteiger partial charge in [0.25, 0.3) is 5.56 Å². The zero-order chi connectivity index (χ0) is 37.8. The number of hydrogen-bond donors (Lipinski definition) is 0. The molecule has 284 valence electrons. The van der Waals surface area contributed by atoms with Gasteiger partial charge in [-0.3, -0.25) is 23.6 Å². The topological polar surface area (TPSA) is 162 Å². The van der Waals surface area contributed by atoms with Crippen LogP contribution in [0.25, 0.3) is 22.3 Å². The van der Waals surface area contributed by atoms with Gasteiger partial charge in [0.2, 0.25) is 5.60 Å². The Morgan fingerprint density at radius 3 is 2.10 bits per heavy atom. The molecular weight excluding hydrogens is 712 g/mol. The Balaban J connectivity index is 1.62. The van der Waals surface area contributed by atoms with Crippen LogP contribution in [0, 0.1) is 5.92 Å². The minimum atomic E-state index is -3.90. The number of benzene rings is 1. The van der Waals surface area contributed by atoms with E-state index in [9.17, 15) is 23.5 Å². The number of carbonyl (C=O) groups is 2. The van der Waals surface area contributed by atoms with Crippen LogP contribution in [0.2, 0.25) is 0 Å². The second-order valence-corrected chi connectivity index (χ2v) is 16.8. The van der Waals surface area contributed by atoms with Gasteiger partial charge in [-0.15, -0.1) is 0 Å². The number of ether oxygens (including phenoxy) is 2. The van der Waals surface area contributed by atoms with Crippen molar-refractivity contribution in [2.75, 3.05) is 39.0 Å². The first-order valence-electron chi connectivity index (χ1n) is 17.9. The molecule has 2 aliphatic rings. The Bertz CT molecular complexity index is 1920. The monoisotopic (exact) mass is 761 g/mol. The standard InChI is InChI=1S/C36H49N3O11P2/c1-8-24(7)32(38(22-51(43,46-10-3)47-11-4)23-52(44,48-12-5)49-13-6)34(41)50-36(9-2)28-19-30-31-26(18-25-16-14-15-17-29(25)37-31)20-39(30)33(40)27(28)21-45-35(36)42/h14-19,24,32H,8-13,20-23H2,1-7H3/t24?,32?,36-/m0/s1. The zero-order valence-corrected chi connectivity index (χ0v) is 32.7. The van der Waals surface area contributed by atoms with E-state index in [1.807, 2.05) is 37.3 Å². The molecule has 0 saturated carbocycles. The van der Waals surface area contributed by atoms with E-state index in [1.165, 1.54) is 4.90 Å². The number of esters is 2. The molecule has 0 N–H and O–H groups in total. The van der Waals surface area contributed by atoms with Crippen LogP contribution in [-0.2, 0) is 65.0 Å². The third kappa shape index (κ3) is 7.71. The lowest BCUT2D eigenvalue weighted by Crippen LogP contribution is -2.53. The van der Waals surface area contributed by atoms with Crippen molar-refractivity contribution in [2.24, 2.45) is 5.92 Å². The largest absolute Gasteiger partial charge is 0.457 e. The summed E-state index contributed by atoms with van der Waals surface area (Å²) in [5.41, 5.74) is 0.719. The fourth-order valence-electron chi connectivity index (χ4n) is 6.97. The molecule has 5 rings (SSSR count). The van der Waals surface area contributed by atoms with Gasteiger partial charge in [-0.1, -0.05) is 45.4 Å². The average Bonchev–Trinajstić information content (AvgIpc) is 3.46. The molecular formula is C36H49N3O11P2. The lowest BCUT2D eigenvalue weighted by atomic mass is 9.85. The highest BCUT2D eigenvalue weighted by Gasteiger charge is 2.53. The number of nitrogens with zero attached hydrogens (tertiary/aromatic N) is 3. The minimum absolute atomic E-state index is 0.0490. The van der Waals surface area contributed by atoms with Crippen molar-refractivity contribution in [3.05, 3.63) is 63.4 Å². The number of fused-ring (bicyclic) bond motifs is 5. The Kier molecular flexibility index (Phi) is 12.6. The van der Waals surface area contributed by atoms with E-state index in [4.69, 9.17) is 32.6 Å². The van der Waals surface area contributed by atoms with Crippen LogP contribution in [0.1, 0.15) is 78.0 Å². The van der Waals surface area contributed by atoms with Gasteiger partial charge in [0.05, 0.1) is 55.4 Å². The summed E-state index contributed by atoms with van der Waals surface area (Å²) < 4.78 is 63.8. The third-order valence-corrected chi connectivity index (χ3v) is 13.5. The van der Waals surface area contributed by atoms with E-state index in [-0.39, 0.29) is 62.7 Å². The van der Waals surface area contributed by atoms with Crippen molar-refractivity contribution in [2.45, 2.75) is 86.1 Å². The van der Waals surface area contributed by atoms with E-state index in [1.54, 1.807) is 52.2 Å². The first kappa shape index (κ1) is 40.0. The molecule has 3 atom stereocenters. The van der Waals surface area contributed by atoms with Gasteiger partial charge in [0, 0.05) is 16.5 Å². The van der Waals surface area contributed by atoms with Crippen LogP contribution < -0.4 is 5.56 Å². The Labute approximate surface area is 304 Å². The molecule has 2 unspecified atom stereocenters. The summed E-state index contributed by atoms with van der Waals surface area (Å²) in [6.07, 6.45) is -0.531. The molecule has 0 spiro atoms. The summed E-state index contributed by atoms with van der Waals surface area (Å²) in [6, 6.07) is 10.1. The summed E-state index contributed by atoms with van der Waals surface area (Å²) in [4.78, 5) is 49.0. The van der Waals surface area contributed by atoms with Gasteiger partial charge in [-0.05, 0) is 58.2 Å². The predicted molar refractivity (Wildman–Crippen MR) is 195 cm³/mol. The molecule has 0 fully saturated rings. The maximum absolute atomic E-state index is 14.7. The molecule has 52 heavy (non-hydrogen) atoms. The lowest BCUT2D eigenvalue weighted by molar-refractivity contribution is -0.193. The van der Waals surface area contributed by atoms with Gasteiger partial charge in [-0.25, -0.2) is 9.78 Å². The first-order valence-corrected chi connectivity index (χ1v) is 21.3. The normalized spacial score (nSPS) is 18.1. The molecule has 0 radical (unpaired) electrons. The fourth-order valence-corrected chi connectivity index (χ4v) is 10.6. The predicted octanol–water partition coefficient (Wildman–Crippen LogP) is 6.79. The summed E-state index contributed by atoms with van der Waals surface area (Å²) in [5.74, 6) is -2.21. The maximum atomic E-state index is 14.7. The number of hydrogen-bond acceptors (Lipinski definition) is 13. The van der Waals surface area contributed by atoms with Crippen molar-refractivity contribution in [3.63, 3.8) is 0 Å². The van der Waals surface area contributed by atoms with E-state index >= 15 is 0 Å². The van der Waals surface area contributed by atoms with E-state index < -0.39 is 57.3 Å². The highest BCUT2D eigenvalue weighted by Crippen LogP contribution is 2.54. The Morgan fingerprint density at radius 2 is 1.54 bits per heavy atom. The van der Waals surface area contributed by atoms with Crippen LogP contribution in [0.3, 0.4) is 0 Å². The molecule has 16 heteroatoms. The van der Waals surface area contributed by atoms with Crippen molar-refractivity contribution in [3.8, 4) is 11.4 Å². The van der Waals surface area contributed by atoms with E-state index in [0.29, 0.717) is 17.8 Å². The fraction of sp³-hybridized carbons (Fsp3) is 0.556. The van der Waals surface area contributed by atoms with Crippen LogP contribution in [0.5, 0.6) is 0 Å². The molecule has 4 heterocycles. The highest BCUT2D eigenvalue weighted by atomic mass is 31.2. The summed E-state index contributed by atoms with van der Waals surface area (Å²) in [6.45, 7) is 12.1. The van der Waals surface area contributed by atoms with Crippen LogP contribution in [0.15, 0.2) is 41.2 Å². The smallest absolute Gasteiger partial charge is 0.355 e. The molecule has 2 aliphatic heterocycles. The van der Waals surface area contributed by atoms with Crippen LogP contribution in [0.4, 0.5) is 0 Å². The lowest BCUT2D eigenvalue weighted by Gasteiger charge is -2.40. The Morgan fingerprint density at radius 1 is 0.942 bits per heavy atom. The van der Waals surface area contributed by atoms with E-state index in [2.05, 4.69) is 0 Å². The maximum Gasteiger partial charge on any atom is 0.355 e. The molecule has 0 amide bonds. The summed E-state index contributed by atoms with van der Waals surface area (Å²) in [5, 5.41) is 0.930. The number of rotatable bonds is 18. The molecule has 2 aromatic heterocycles. The SMILES string of the molecule is CCOP(=O)(CN(CP(=O)(OCC)OCC)C(C(=O)O[C@]1(CC)C(=O)OCc2c1cc1n(c2=O)Cc2cc3ccccc3nc2-1)C(C)CC)OCC. The average molecular weight is 762 g/mol. The molecule has 0 aliphatic carbocycles. The summed E-state index contributed by atoms with van der Waals surface area (Å²) in [7, 11) is -7.79. The second kappa shape index (κ2) is 16.4. The van der Waals surface area contributed by atoms with Gasteiger partial charge in [0.15, 0.2) is 0 Å². The highest BCUT2D eigenvalue weighted by molar-refractivity contribution is 7.54. The molecule has 14 nitrogen and oxygen atoms in total. The number of para-hydroxylation sites is 1. The molecule has 0 bridgehead atoms. The number of aromatic nitrogens is 2. The van der Waals surface area contributed by atoms with Crippen molar-refractivity contribution < 1.29 is 46.3 Å². The number of cyclic esters (lactones) is 1. The Hall–Kier alpha value is -3.22. The van der Waals surface area contributed by atoms with Crippen molar-refractivity contribution in [1.82, 2.24) is 14.5 Å². The van der Waals surface area contributed by atoms with Gasteiger partial charge in [0.1, 0.15) is 25.2 Å². The van der Waals surface area contributed by atoms with Crippen molar-refractivity contribution >= 4 is 38.0 Å². The van der Waals surface area contributed by atoms with E-state index in [0.717, 1.165) is 16.5 Å². The second-order valence-electron chi connectivity index (χ2n) is 12.8. The first-order chi connectivity index (χ1) is 24.8. The third-order valence-electron chi connectivity index (χ3n) is 9.49. The zero-order valence-electron chi connectivity index (χ0n) is 30.9. The molecule has 0 saturated heterocycles. The quantitative estimate of drug-likeness (QED) is 0.0770. The van der Waals surface area contributed by atoms with Crippen LogP contribution in [-0.4, -0.2) is 71.4 Å².